The van der Waals surface area contributed by atoms with E-state index in [9.17, 15) is 0 Å². The molecule has 2 rings (SSSR count). The zero-order chi connectivity index (χ0) is 10.8. The van der Waals surface area contributed by atoms with Gasteiger partial charge in [0.05, 0.1) is 18.1 Å². The number of hydrogen-bond acceptors (Lipinski definition) is 3. The summed E-state index contributed by atoms with van der Waals surface area (Å²) >= 11 is 1.77. The van der Waals surface area contributed by atoms with Crippen molar-refractivity contribution in [2.75, 3.05) is 7.05 Å². The van der Waals surface area contributed by atoms with Gasteiger partial charge >= 0.3 is 0 Å². The average Bonchev–Trinajstić information content (AvgIpc) is 2.78. The van der Waals surface area contributed by atoms with E-state index in [0.717, 1.165) is 5.69 Å². The number of imidazole rings is 1. The van der Waals surface area contributed by atoms with Crippen molar-refractivity contribution in [3.8, 4) is 0 Å². The summed E-state index contributed by atoms with van der Waals surface area (Å²) in [5, 5.41) is 5.48. The van der Waals surface area contributed by atoms with Crippen molar-refractivity contribution in [2.45, 2.75) is 13.0 Å². The Balaban J connectivity index is 2.32. The van der Waals surface area contributed by atoms with E-state index < -0.39 is 0 Å². The molecule has 3 nitrogen and oxygen atoms in total. The molecule has 0 amide bonds. The van der Waals surface area contributed by atoms with Crippen LogP contribution >= 0.6 is 11.3 Å². The van der Waals surface area contributed by atoms with Gasteiger partial charge in [-0.15, -0.1) is 11.3 Å². The lowest BCUT2D eigenvalue weighted by Gasteiger charge is -2.11. The molecule has 1 atom stereocenters. The van der Waals surface area contributed by atoms with Gasteiger partial charge in [-0.3, -0.25) is 0 Å². The highest BCUT2D eigenvalue weighted by Gasteiger charge is 2.15. The number of nitrogens with one attached hydrogen (secondary N) is 1. The molecule has 0 fully saturated rings. The van der Waals surface area contributed by atoms with Crippen molar-refractivity contribution >= 4 is 11.3 Å². The normalized spacial score (nSPS) is 13.0. The first-order valence-electron chi connectivity index (χ1n) is 4.91. The number of hydrogen-bond donors (Lipinski definition) is 1. The Labute approximate surface area is 93.8 Å². The highest BCUT2D eigenvalue weighted by Crippen LogP contribution is 2.24. The van der Waals surface area contributed by atoms with Crippen molar-refractivity contribution < 1.29 is 0 Å². The van der Waals surface area contributed by atoms with Crippen LogP contribution in [0.25, 0.3) is 0 Å². The van der Waals surface area contributed by atoms with Gasteiger partial charge in [-0.2, -0.15) is 0 Å². The lowest BCUT2D eigenvalue weighted by molar-refractivity contribution is 0.676. The zero-order valence-corrected chi connectivity index (χ0v) is 10.0. The number of rotatable bonds is 3. The van der Waals surface area contributed by atoms with Crippen molar-refractivity contribution in [1.29, 1.82) is 0 Å². The fraction of sp³-hybridized carbons (Fsp3) is 0.364. The molecule has 1 N–H and O–H groups in total. The van der Waals surface area contributed by atoms with E-state index in [-0.39, 0.29) is 6.04 Å². The van der Waals surface area contributed by atoms with Crippen LogP contribution in [0.15, 0.2) is 24.0 Å². The largest absolute Gasteiger partial charge is 0.340 e. The standard InChI is InChI=1S/C11H15N3S/c1-8-4-9(6-15-8)11(12-2)10-5-14(3)7-13-10/h4-7,11-12H,1-3H3. The van der Waals surface area contributed by atoms with Gasteiger partial charge < -0.3 is 9.88 Å². The second kappa shape index (κ2) is 4.16. The lowest BCUT2D eigenvalue weighted by Crippen LogP contribution is -2.17. The molecule has 0 aliphatic rings. The zero-order valence-electron chi connectivity index (χ0n) is 9.19. The molecule has 0 bridgehead atoms. The van der Waals surface area contributed by atoms with Gasteiger partial charge in [0.1, 0.15) is 0 Å². The molecule has 0 saturated heterocycles. The van der Waals surface area contributed by atoms with Gasteiger partial charge in [0, 0.05) is 18.1 Å². The van der Waals surface area contributed by atoms with E-state index in [1.165, 1.54) is 10.4 Å². The van der Waals surface area contributed by atoms with Gasteiger partial charge in [0.15, 0.2) is 0 Å². The van der Waals surface area contributed by atoms with E-state index >= 15 is 0 Å². The van der Waals surface area contributed by atoms with Crippen LogP contribution in [-0.2, 0) is 7.05 Å². The number of aryl methyl sites for hydroxylation is 2. The van der Waals surface area contributed by atoms with E-state index in [1.807, 2.05) is 31.2 Å². The Hall–Kier alpha value is -1.13. The Morgan fingerprint density at radius 1 is 1.53 bits per heavy atom. The van der Waals surface area contributed by atoms with E-state index in [2.05, 4.69) is 28.7 Å². The summed E-state index contributed by atoms with van der Waals surface area (Å²) in [4.78, 5) is 5.71. The minimum absolute atomic E-state index is 0.205. The molecule has 0 spiro atoms. The Kier molecular flexibility index (Phi) is 2.88. The van der Waals surface area contributed by atoms with Crippen LogP contribution in [-0.4, -0.2) is 16.6 Å². The monoisotopic (exact) mass is 221 g/mol. The third-order valence-electron chi connectivity index (χ3n) is 2.39. The van der Waals surface area contributed by atoms with Crippen LogP contribution in [0, 0.1) is 6.92 Å². The summed E-state index contributed by atoms with van der Waals surface area (Å²) in [6, 6.07) is 2.41. The molecule has 4 heteroatoms. The predicted octanol–water partition coefficient (Wildman–Crippen LogP) is 2.10. The van der Waals surface area contributed by atoms with E-state index in [1.54, 1.807) is 11.3 Å². The van der Waals surface area contributed by atoms with E-state index in [0.29, 0.717) is 0 Å². The first-order chi connectivity index (χ1) is 7.20. The molecule has 80 valence electrons. The highest BCUT2D eigenvalue weighted by molar-refractivity contribution is 7.10. The fourth-order valence-corrected chi connectivity index (χ4v) is 2.41. The van der Waals surface area contributed by atoms with Crippen molar-refractivity contribution in [3.05, 3.63) is 40.1 Å². The molecule has 2 heterocycles. The molecule has 1 unspecified atom stereocenters. The van der Waals surface area contributed by atoms with Gasteiger partial charge in [0.25, 0.3) is 0 Å². The van der Waals surface area contributed by atoms with Gasteiger partial charge in [-0.25, -0.2) is 4.98 Å². The fourth-order valence-electron chi connectivity index (χ4n) is 1.68. The maximum atomic E-state index is 4.38. The average molecular weight is 221 g/mol. The minimum atomic E-state index is 0.205. The number of aromatic nitrogens is 2. The Morgan fingerprint density at radius 3 is 2.80 bits per heavy atom. The molecule has 0 saturated carbocycles. The summed E-state index contributed by atoms with van der Waals surface area (Å²) in [6.07, 6.45) is 3.88. The highest BCUT2D eigenvalue weighted by atomic mass is 32.1. The number of thiophene rings is 1. The molecular formula is C11H15N3S. The molecule has 0 aromatic carbocycles. The van der Waals surface area contributed by atoms with Gasteiger partial charge in [-0.05, 0) is 31.0 Å². The number of nitrogens with zero attached hydrogens (tertiary/aromatic N) is 2. The van der Waals surface area contributed by atoms with Crippen LogP contribution in [0.5, 0.6) is 0 Å². The Bertz CT molecular complexity index is 404. The first-order valence-corrected chi connectivity index (χ1v) is 5.79. The molecule has 0 aliphatic carbocycles. The summed E-state index contributed by atoms with van der Waals surface area (Å²) < 4.78 is 1.97. The summed E-state index contributed by atoms with van der Waals surface area (Å²) in [6.45, 7) is 2.12. The molecule has 2 aromatic heterocycles. The minimum Gasteiger partial charge on any atom is -0.340 e. The SMILES string of the molecule is CNC(c1csc(C)c1)c1cn(C)cn1. The smallest absolute Gasteiger partial charge is 0.0947 e. The van der Waals surface area contributed by atoms with Gasteiger partial charge in [-0.1, -0.05) is 0 Å². The van der Waals surface area contributed by atoms with Crippen LogP contribution in [0.4, 0.5) is 0 Å². The quantitative estimate of drug-likeness (QED) is 0.860. The second-order valence-electron chi connectivity index (χ2n) is 3.68. The Morgan fingerprint density at radius 2 is 2.33 bits per heavy atom. The molecule has 2 aromatic rings. The van der Waals surface area contributed by atoms with Crippen molar-refractivity contribution in [1.82, 2.24) is 14.9 Å². The molecule has 0 radical (unpaired) electrons. The third kappa shape index (κ3) is 2.11. The second-order valence-corrected chi connectivity index (χ2v) is 4.79. The lowest BCUT2D eigenvalue weighted by atomic mass is 10.1. The van der Waals surface area contributed by atoms with Crippen LogP contribution in [0.3, 0.4) is 0 Å². The first kappa shape index (κ1) is 10.4. The third-order valence-corrected chi connectivity index (χ3v) is 3.27. The molecular weight excluding hydrogens is 206 g/mol. The summed E-state index contributed by atoms with van der Waals surface area (Å²) in [7, 11) is 3.95. The van der Waals surface area contributed by atoms with E-state index in [4.69, 9.17) is 0 Å². The maximum absolute atomic E-state index is 4.38. The summed E-state index contributed by atoms with van der Waals surface area (Å²) in [5.74, 6) is 0. The van der Waals surface area contributed by atoms with Crippen LogP contribution in [0.1, 0.15) is 22.2 Å². The predicted molar refractivity (Wildman–Crippen MR) is 63.2 cm³/mol. The maximum Gasteiger partial charge on any atom is 0.0947 e. The van der Waals surface area contributed by atoms with Gasteiger partial charge in [0.2, 0.25) is 0 Å². The topological polar surface area (TPSA) is 29.9 Å². The van der Waals surface area contributed by atoms with Crippen LogP contribution in [0.2, 0.25) is 0 Å². The van der Waals surface area contributed by atoms with Crippen molar-refractivity contribution in [2.24, 2.45) is 7.05 Å². The molecule has 15 heavy (non-hydrogen) atoms. The molecule has 0 aliphatic heterocycles. The van der Waals surface area contributed by atoms with Crippen molar-refractivity contribution in [3.63, 3.8) is 0 Å². The van der Waals surface area contributed by atoms with Crippen LogP contribution < -0.4 is 5.32 Å². The summed E-state index contributed by atoms with van der Waals surface area (Å²) in [5.41, 5.74) is 2.36.